The number of carbonyl (C=O) groups excluding carboxylic acids is 1. The van der Waals surface area contributed by atoms with E-state index in [-0.39, 0.29) is 16.9 Å². The Kier molecular flexibility index (Phi) is 3.54. The third-order valence-corrected chi connectivity index (χ3v) is 2.45. The monoisotopic (exact) mass is 296 g/mol. The fourth-order valence-corrected chi connectivity index (χ4v) is 1.53. The summed E-state index contributed by atoms with van der Waals surface area (Å²) in [6, 6.07) is 6.01. The zero-order chi connectivity index (χ0) is 15.6. The van der Waals surface area contributed by atoms with E-state index >= 15 is 0 Å². The number of hydrogen-bond donors (Lipinski definition) is 1. The third kappa shape index (κ3) is 3.11. The number of ether oxygens (including phenoxy) is 1. The van der Waals surface area contributed by atoms with Crippen molar-refractivity contribution in [2.75, 3.05) is 5.73 Å². The van der Waals surface area contributed by atoms with Gasteiger partial charge in [0.25, 0.3) is 5.91 Å². The van der Waals surface area contributed by atoms with E-state index in [1.165, 1.54) is 0 Å². The number of carbonyl (C=O) groups is 1. The van der Waals surface area contributed by atoms with Crippen molar-refractivity contribution < 1.29 is 22.7 Å². The highest BCUT2D eigenvalue weighted by atomic mass is 19.4. The Morgan fingerprint density at radius 1 is 1.33 bits per heavy atom. The summed E-state index contributed by atoms with van der Waals surface area (Å²) >= 11 is 0. The molecule has 108 valence electrons. The molecule has 0 saturated heterocycles. The molecule has 0 atom stereocenters. The van der Waals surface area contributed by atoms with Crippen LogP contribution in [-0.2, 0) is 0 Å². The van der Waals surface area contributed by atoms with Crippen molar-refractivity contribution in [3.63, 3.8) is 0 Å². The predicted molar refractivity (Wildman–Crippen MR) is 64.2 cm³/mol. The molecule has 2 aromatic rings. The van der Waals surface area contributed by atoms with Gasteiger partial charge in [0, 0.05) is 5.56 Å². The summed E-state index contributed by atoms with van der Waals surface area (Å²) in [6.45, 7) is 0. The molecule has 0 unspecified atom stereocenters. The quantitative estimate of drug-likeness (QED) is 0.913. The molecule has 0 amide bonds. The third-order valence-electron chi connectivity index (χ3n) is 2.45. The molecule has 0 radical (unpaired) electrons. The number of rotatable bonds is 2. The SMILES string of the molecule is N#Cc1cnn(C(=O)c2ccc(OC(F)(F)F)cc2)c1N. The highest BCUT2D eigenvalue weighted by Crippen LogP contribution is 2.23. The Morgan fingerprint density at radius 2 is 1.95 bits per heavy atom. The Hall–Kier alpha value is -3.02. The first kappa shape index (κ1) is 14.4. The van der Waals surface area contributed by atoms with Gasteiger partial charge in [0.1, 0.15) is 23.2 Å². The van der Waals surface area contributed by atoms with E-state index in [0.29, 0.717) is 0 Å². The number of nitrogens with zero attached hydrogens (tertiary/aromatic N) is 3. The van der Waals surface area contributed by atoms with Gasteiger partial charge in [-0.1, -0.05) is 0 Å². The number of benzene rings is 1. The molecule has 0 aliphatic heterocycles. The molecule has 0 aliphatic carbocycles. The topological polar surface area (TPSA) is 93.9 Å². The summed E-state index contributed by atoms with van der Waals surface area (Å²) < 4.78 is 40.5. The minimum absolute atomic E-state index is 0.0281. The first-order valence-electron chi connectivity index (χ1n) is 5.46. The number of nitriles is 1. The number of hydrogen-bond acceptors (Lipinski definition) is 5. The molecular weight excluding hydrogens is 289 g/mol. The van der Waals surface area contributed by atoms with Crippen molar-refractivity contribution in [2.24, 2.45) is 0 Å². The van der Waals surface area contributed by atoms with Crippen LogP contribution < -0.4 is 10.5 Å². The van der Waals surface area contributed by atoms with Gasteiger partial charge in [0.2, 0.25) is 0 Å². The molecule has 2 rings (SSSR count). The smallest absolute Gasteiger partial charge is 0.406 e. The van der Waals surface area contributed by atoms with Crippen molar-refractivity contribution in [3.8, 4) is 11.8 Å². The number of aromatic nitrogens is 2. The summed E-state index contributed by atoms with van der Waals surface area (Å²) in [6.07, 6.45) is -3.69. The number of anilines is 1. The first-order valence-corrected chi connectivity index (χ1v) is 5.46. The molecule has 1 aromatic carbocycles. The Labute approximate surface area is 116 Å². The van der Waals surface area contributed by atoms with Crippen LogP contribution in [0.25, 0.3) is 0 Å². The maximum Gasteiger partial charge on any atom is 0.573 e. The van der Waals surface area contributed by atoms with E-state index < -0.39 is 18.0 Å². The highest BCUT2D eigenvalue weighted by molar-refractivity contribution is 5.97. The fraction of sp³-hybridized carbons (Fsp3) is 0.0833. The van der Waals surface area contributed by atoms with Gasteiger partial charge < -0.3 is 10.5 Å². The van der Waals surface area contributed by atoms with Gasteiger partial charge in [-0.2, -0.15) is 15.0 Å². The van der Waals surface area contributed by atoms with Gasteiger partial charge in [-0.05, 0) is 24.3 Å². The predicted octanol–water partition coefficient (Wildman–Crippen LogP) is 1.92. The Bertz CT molecular complexity index is 714. The fourth-order valence-electron chi connectivity index (χ4n) is 1.53. The Balaban J connectivity index is 2.24. The summed E-state index contributed by atoms with van der Waals surface area (Å²) in [4.78, 5) is 12.0. The van der Waals surface area contributed by atoms with E-state index in [0.717, 1.165) is 35.1 Å². The van der Waals surface area contributed by atoms with E-state index in [1.807, 2.05) is 0 Å². The molecule has 0 saturated carbocycles. The standard InChI is InChI=1S/C12H7F3N4O2/c13-12(14,15)21-9-3-1-7(2-4-9)11(20)19-10(17)8(5-16)6-18-19/h1-4,6H,17H2. The summed E-state index contributed by atoms with van der Waals surface area (Å²) in [5, 5.41) is 12.4. The van der Waals surface area contributed by atoms with Gasteiger partial charge in [0.15, 0.2) is 0 Å². The van der Waals surface area contributed by atoms with E-state index in [1.54, 1.807) is 6.07 Å². The molecule has 1 aromatic heterocycles. The molecule has 0 fully saturated rings. The Morgan fingerprint density at radius 3 is 2.43 bits per heavy atom. The zero-order valence-electron chi connectivity index (χ0n) is 10.3. The van der Waals surface area contributed by atoms with Crippen molar-refractivity contribution in [2.45, 2.75) is 6.36 Å². The zero-order valence-corrected chi connectivity index (χ0v) is 10.3. The normalized spacial score (nSPS) is 11.0. The second-order valence-corrected chi connectivity index (χ2v) is 3.84. The average molecular weight is 296 g/mol. The highest BCUT2D eigenvalue weighted by Gasteiger charge is 2.31. The molecule has 2 N–H and O–H groups in total. The lowest BCUT2D eigenvalue weighted by atomic mass is 10.2. The molecule has 0 aliphatic rings. The minimum Gasteiger partial charge on any atom is -0.406 e. The number of nitrogens with two attached hydrogens (primary N) is 1. The van der Waals surface area contributed by atoms with Crippen molar-refractivity contribution in [1.82, 2.24) is 9.78 Å². The van der Waals surface area contributed by atoms with Gasteiger partial charge >= 0.3 is 6.36 Å². The lowest BCUT2D eigenvalue weighted by molar-refractivity contribution is -0.274. The molecule has 0 spiro atoms. The molecule has 9 heteroatoms. The van der Waals surface area contributed by atoms with Crippen molar-refractivity contribution >= 4 is 11.7 Å². The lowest BCUT2D eigenvalue weighted by Gasteiger charge is -2.09. The molecule has 6 nitrogen and oxygen atoms in total. The van der Waals surface area contributed by atoms with Crippen LogP contribution in [0.2, 0.25) is 0 Å². The van der Waals surface area contributed by atoms with Crippen LogP contribution in [0.4, 0.5) is 19.0 Å². The van der Waals surface area contributed by atoms with E-state index in [2.05, 4.69) is 9.84 Å². The molecule has 1 heterocycles. The van der Waals surface area contributed by atoms with Crippen LogP contribution in [-0.4, -0.2) is 22.1 Å². The second-order valence-electron chi connectivity index (χ2n) is 3.84. The summed E-state index contributed by atoms with van der Waals surface area (Å²) in [7, 11) is 0. The van der Waals surface area contributed by atoms with E-state index in [4.69, 9.17) is 11.0 Å². The lowest BCUT2D eigenvalue weighted by Crippen LogP contribution is -2.18. The van der Waals surface area contributed by atoms with Crippen molar-refractivity contribution in [3.05, 3.63) is 41.6 Å². The molecule has 21 heavy (non-hydrogen) atoms. The van der Waals surface area contributed by atoms with Crippen LogP contribution in [0.3, 0.4) is 0 Å². The van der Waals surface area contributed by atoms with Crippen molar-refractivity contribution in [1.29, 1.82) is 5.26 Å². The first-order chi connectivity index (χ1) is 9.81. The van der Waals surface area contributed by atoms with Crippen LogP contribution in [0.1, 0.15) is 15.9 Å². The summed E-state index contributed by atoms with van der Waals surface area (Å²) in [5.41, 5.74) is 5.62. The van der Waals surface area contributed by atoms with Gasteiger partial charge in [0.05, 0.1) is 6.20 Å². The average Bonchev–Trinajstić information content (AvgIpc) is 2.78. The minimum atomic E-state index is -4.81. The maximum absolute atomic E-state index is 12.0. The van der Waals surface area contributed by atoms with E-state index in [9.17, 15) is 18.0 Å². The van der Waals surface area contributed by atoms with Gasteiger partial charge in [-0.25, -0.2) is 0 Å². The second kappa shape index (κ2) is 5.16. The van der Waals surface area contributed by atoms with Crippen LogP contribution in [0.5, 0.6) is 5.75 Å². The number of alkyl halides is 3. The number of halogens is 3. The van der Waals surface area contributed by atoms with Crippen LogP contribution >= 0.6 is 0 Å². The molecular formula is C12H7F3N4O2. The number of nitrogen functional groups attached to an aromatic ring is 1. The van der Waals surface area contributed by atoms with Gasteiger partial charge in [-0.3, -0.25) is 4.79 Å². The van der Waals surface area contributed by atoms with Gasteiger partial charge in [-0.15, -0.1) is 13.2 Å². The van der Waals surface area contributed by atoms with Crippen LogP contribution in [0, 0.1) is 11.3 Å². The summed E-state index contributed by atoms with van der Waals surface area (Å²) in [5.74, 6) is -1.27. The maximum atomic E-state index is 12.0. The largest absolute Gasteiger partial charge is 0.573 e. The molecule has 0 bridgehead atoms. The van der Waals surface area contributed by atoms with Crippen LogP contribution in [0.15, 0.2) is 30.5 Å².